The Kier molecular flexibility index (Phi) is 9.25. The van der Waals surface area contributed by atoms with E-state index in [1.165, 1.54) is 18.1 Å². The van der Waals surface area contributed by atoms with Gasteiger partial charge in [-0.1, -0.05) is 43.3 Å². The standard InChI is InChI=1S/C24H29NO4/c1-18(15-28-16-19(2)17-29-24(27)12-20(3)26)11-21-6-8-22(9-7-21)13-23-5-4-10-25-14-23/h4-11,14,19H,12-13,15-17H2,1-3H3/b18-11+. The minimum absolute atomic E-state index is 0.0745. The van der Waals surface area contributed by atoms with Crippen LogP contribution in [0.4, 0.5) is 0 Å². The molecule has 0 N–H and O–H groups in total. The Morgan fingerprint density at radius 2 is 1.83 bits per heavy atom. The number of ether oxygens (including phenoxy) is 2. The molecule has 0 fully saturated rings. The number of pyridine rings is 1. The van der Waals surface area contributed by atoms with Crippen molar-refractivity contribution in [1.82, 2.24) is 4.98 Å². The number of hydrogen-bond acceptors (Lipinski definition) is 5. The Hall–Kier alpha value is -2.79. The normalized spacial score (nSPS) is 12.4. The third-order valence-corrected chi connectivity index (χ3v) is 4.18. The third kappa shape index (κ3) is 9.30. The summed E-state index contributed by atoms with van der Waals surface area (Å²) in [5, 5.41) is 0. The number of hydrogen-bond donors (Lipinski definition) is 0. The van der Waals surface area contributed by atoms with E-state index < -0.39 is 5.97 Å². The number of aromatic nitrogens is 1. The monoisotopic (exact) mass is 395 g/mol. The lowest BCUT2D eigenvalue weighted by Crippen LogP contribution is -2.18. The van der Waals surface area contributed by atoms with Gasteiger partial charge in [0.15, 0.2) is 0 Å². The Balaban J connectivity index is 1.72. The lowest BCUT2D eigenvalue weighted by molar-refractivity contribution is -0.147. The van der Waals surface area contributed by atoms with E-state index in [9.17, 15) is 9.59 Å². The topological polar surface area (TPSA) is 65.5 Å². The molecule has 2 aromatic rings. The van der Waals surface area contributed by atoms with E-state index in [0.29, 0.717) is 13.2 Å². The zero-order valence-electron chi connectivity index (χ0n) is 17.4. The summed E-state index contributed by atoms with van der Waals surface area (Å²) in [6.45, 7) is 6.61. The van der Waals surface area contributed by atoms with Crippen LogP contribution in [0.15, 0.2) is 54.4 Å². The molecule has 1 aromatic heterocycles. The summed E-state index contributed by atoms with van der Waals surface area (Å²) >= 11 is 0. The fraction of sp³-hybridized carbons (Fsp3) is 0.375. The maximum atomic E-state index is 11.4. The fourth-order valence-corrected chi connectivity index (χ4v) is 2.76. The van der Waals surface area contributed by atoms with Crippen molar-refractivity contribution in [3.8, 4) is 0 Å². The van der Waals surface area contributed by atoms with Gasteiger partial charge in [-0.2, -0.15) is 0 Å². The number of carbonyl (C=O) groups excluding carboxylic acids is 2. The van der Waals surface area contributed by atoms with Gasteiger partial charge in [-0.3, -0.25) is 14.6 Å². The minimum atomic E-state index is -0.479. The van der Waals surface area contributed by atoms with E-state index in [-0.39, 0.29) is 24.7 Å². The molecule has 0 aliphatic heterocycles. The highest BCUT2D eigenvalue weighted by Crippen LogP contribution is 2.13. The number of benzene rings is 1. The van der Waals surface area contributed by atoms with E-state index >= 15 is 0 Å². The summed E-state index contributed by atoms with van der Waals surface area (Å²) in [6, 6.07) is 12.5. The van der Waals surface area contributed by atoms with Crippen molar-refractivity contribution in [2.45, 2.75) is 33.6 Å². The Morgan fingerprint density at radius 3 is 2.48 bits per heavy atom. The second-order valence-electron chi connectivity index (χ2n) is 7.45. The Bertz CT molecular complexity index is 813. The van der Waals surface area contributed by atoms with Crippen molar-refractivity contribution in [1.29, 1.82) is 0 Å². The van der Waals surface area contributed by atoms with Crippen molar-refractivity contribution in [3.63, 3.8) is 0 Å². The number of esters is 1. The third-order valence-electron chi connectivity index (χ3n) is 4.18. The number of carbonyl (C=O) groups is 2. The second kappa shape index (κ2) is 11.9. The number of Topliss-reactive ketones (excluding diaryl/α,β-unsaturated/α-hetero) is 1. The lowest BCUT2D eigenvalue weighted by atomic mass is 10.0. The Labute approximate surface area is 172 Å². The van der Waals surface area contributed by atoms with Gasteiger partial charge in [-0.15, -0.1) is 0 Å². The molecular weight excluding hydrogens is 366 g/mol. The number of ketones is 1. The highest BCUT2D eigenvalue weighted by Gasteiger charge is 2.09. The van der Waals surface area contributed by atoms with E-state index in [1.54, 1.807) is 6.20 Å². The minimum Gasteiger partial charge on any atom is -0.465 e. The molecule has 0 bridgehead atoms. The van der Waals surface area contributed by atoms with Crippen LogP contribution in [0.3, 0.4) is 0 Å². The molecule has 0 saturated heterocycles. The van der Waals surface area contributed by atoms with Crippen molar-refractivity contribution < 1.29 is 19.1 Å². The average Bonchev–Trinajstić information content (AvgIpc) is 2.68. The van der Waals surface area contributed by atoms with Gasteiger partial charge in [-0.05, 0) is 48.6 Å². The molecule has 154 valence electrons. The van der Waals surface area contributed by atoms with Crippen molar-refractivity contribution in [2.75, 3.05) is 19.8 Å². The van der Waals surface area contributed by atoms with Gasteiger partial charge in [-0.25, -0.2) is 0 Å². The van der Waals surface area contributed by atoms with Gasteiger partial charge in [0.05, 0.1) is 19.8 Å². The largest absolute Gasteiger partial charge is 0.465 e. The molecule has 1 aromatic carbocycles. The molecular formula is C24H29NO4. The van der Waals surface area contributed by atoms with Gasteiger partial charge in [0.1, 0.15) is 12.2 Å². The molecule has 1 atom stereocenters. The van der Waals surface area contributed by atoms with Crippen LogP contribution in [0.25, 0.3) is 6.08 Å². The number of nitrogens with zero attached hydrogens (tertiary/aromatic N) is 1. The zero-order chi connectivity index (χ0) is 21.1. The zero-order valence-corrected chi connectivity index (χ0v) is 17.4. The molecule has 2 rings (SSSR count). The van der Waals surface area contributed by atoms with Crippen LogP contribution in [0, 0.1) is 5.92 Å². The molecule has 1 heterocycles. The van der Waals surface area contributed by atoms with Gasteiger partial charge >= 0.3 is 5.97 Å². The van der Waals surface area contributed by atoms with Gasteiger partial charge < -0.3 is 9.47 Å². The van der Waals surface area contributed by atoms with Crippen LogP contribution >= 0.6 is 0 Å². The number of rotatable bonds is 11. The summed E-state index contributed by atoms with van der Waals surface area (Å²) < 4.78 is 10.8. The van der Waals surface area contributed by atoms with E-state index in [1.807, 2.05) is 26.1 Å². The maximum absolute atomic E-state index is 11.4. The summed E-state index contributed by atoms with van der Waals surface area (Å²) in [6.07, 6.45) is 6.47. The summed E-state index contributed by atoms with van der Waals surface area (Å²) in [5.74, 6) is -0.595. The molecule has 5 nitrogen and oxygen atoms in total. The molecule has 0 spiro atoms. The first-order valence-corrected chi connectivity index (χ1v) is 9.80. The van der Waals surface area contributed by atoms with Crippen LogP contribution in [0.5, 0.6) is 0 Å². The van der Waals surface area contributed by atoms with Gasteiger partial charge in [0.25, 0.3) is 0 Å². The first-order valence-electron chi connectivity index (χ1n) is 9.80. The summed E-state index contributed by atoms with van der Waals surface area (Å²) in [4.78, 5) is 26.4. The van der Waals surface area contributed by atoms with Gasteiger partial charge in [0.2, 0.25) is 0 Å². The molecule has 0 amide bonds. The second-order valence-corrected chi connectivity index (χ2v) is 7.45. The maximum Gasteiger partial charge on any atom is 0.313 e. The van der Waals surface area contributed by atoms with Crippen LogP contribution in [0.2, 0.25) is 0 Å². The summed E-state index contributed by atoms with van der Waals surface area (Å²) in [5.41, 5.74) is 4.69. The predicted octanol–water partition coefficient (Wildman–Crippen LogP) is 4.25. The molecule has 29 heavy (non-hydrogen) atoms. The van der Waals surface area contributed by atoms with Crippen molar-refractivity contribution in [3.05, 3.63) is 71.1 Å². The molecule has 0 saturated carbocycles. The highest BCUT2D eigenvalue weighted by molar-refractivity contribution is 5.94. The van der Waals surface area contributed by atoms with Crippen LogP contribution in [0.1, 0.15) is 43.9 Å². The molecule has 0 aliphatic carbocycles. The SMILES string of the molecule is CC(=O)CC(=O)OCC(C)COC/C(C)=C/c1ccc(Cc2cccnc2)cc1. The average molecular weight is 395 g/mol. The smallest absolute Gasteiger partial charge is 0.313 e. The fourth-order valence-electron chi connectivity index (χ4n) is 2.76. The molecule has 0 radical (unpaired) electrons. The first-order chi connectivity index (χ1) is 13.9. The predicted molar refractivity (Wildman–Crippen MR) is 113 cm³/mol. The van der Waals surface area contributed by atoms with Crippen molar-refractivity contribution >= 4 is 17.8 Å². The lowest BCUT2D eigenvalue weighted by Gasteiger charge is -2.12. The van der Waals surface area contributed by atoms with E-state index in [2.05, 4.69) is 41.4 Å². The first kappa shape index (κ1) is 22.5. The summed E-state index contributed by atoms with van der Waals surface area (Å²) in [7, 11) is 0. The van der Waals surface area contributed by atoms with Gasteiger partial charge in [0, 0.05) is 18.3 Å². The van der Waals surface area contributed by atoms with Crippen LogP contribution in [-0.4, -0.2) is 36.6 Å². The molecule has 0 aliphatic rings. The van der Waals surface area contributed by atoms with E-state index in [4.69, 9.17) is 9.47 Å². The molecule has 5 heteroatoms. The highest BCUT2D eigenvalue weighted by atomic mass is 16.5. The quantitative estimate of drug-likeness (QED) is 0.420. The van der Waals surface area contributed by atoms with Crippen LogP contribution < -0.4 is 0 Å². The van der Waals surface area contributed by atoms with E-state index in [0.717, 1.165) is 17.6 Å². The van der Waals surface area contributed by atoms with Crippen LogP contribution in [-0.2, 0) is 25.5 Å². The molecule has 1 unspecified atom stereocenters. The van der Waals surface area contributed by atoms with Crippen molar-refractivity contribution in [2.24, 2.45) is 5.92 Å². The Morgan fingerprint density at radius 1 is 1.07 bits per heavy atom.